The van der Waals surface area contributed by atoms with Crippen molar-refractivity contribution in [3.8, 4) is 18.2 Å². The minimum absolute atomic E-state index is 0.01000. The SMILES string of the molecule is CSC1CCCN1/C(C)=C(\C#N)C(C)=C(C#N)C#N. The topological polar surface area (TPSA) is 74.6 Å². The summed E-state index contributed by atoms with van der Waals surface area (Å²) in [6.45, 7) is 4.47. The predicted octanol–water partition coefficient (Wildman–Crippen LogP) is 2.93. The molecular formula is C14H16N4S. The lowest BCUT2D eigenvalue weighted by Crippen LogP contribution is -2.26. The fraction of sp³-hybridized carbons (Fsp3) is 0.500. The molecule has 0 saturated carbocycles. The van der Waals surface area contributed by atoms with Gasteiger partial charge in [-0.05, 0) is 38.5 Å². The third-order valence-electron chi connectivity index (χ3n) is 3.35. The monoisotopic (exact) mass is 272 g/mol. The van der Waals surface area contributed by atoms with Gasteiger partial charge in [-0.3, -0.25) is 0 Å². The maximum Gasteiger partial charge on any atom is 0.133 e. The highest BCUT2D eigenvalue weighted by atomic mass is 32.2. The summed E-state index contributed by atoms with van der Waals surface area (Å²) in [4.78, 5) is 2.19. The van der Waals surface area contributed by atoms with Crippen LogP contribution in [0.5, 0.6) is 0 Å². The molecule has 1 aliphatic heterocycles. The minimum atomic E-state index is 0.01000. The van der Waals surface area contributed by atoms with Gasteiger partial charge in [0.25, 0.3) is 0 Å². The van der Waals surface area contributed by atoms with E-state index in [4.69, 9.17) is 10.5 Å². The molecule has 1 fully saturated rings. The van der Waals surface area contributed by atoms with E-state index in [1.54, 1.807) is 18.7 Å². The van der Waals surface area contributed by atoms with Crippen molar-refractivity contribution in [1.29, 1.82) is 15.8 Å². The van der Waals surface area contributed by atoms with Gasteiger partial charge in [0.15, 0.2) is 0 Å². The summed E-state index contributed by atoms with van der Waals surface area (Å²) in [6.07, 6.45) is 4.26. The third kappa shape index (κ3) is 3.11. The number of allylic oxidation sites excluding steroid dienone is 4. The van der Waals surface area contributed by atoms with Crippen LogP contribution in [0.2, 0.25) is 0 Å². The molecule has 0 aromatic carbocycles. The lowest BCUT2D eigenvalue weighted by atomic mass is 10.0. The van der Waals surface area contributed by atoms with Crippen molar-refractivity contribution < 1.29 is 0 Å². The third-order valence-corrected chi connectivity index (χ3v) is 4.38. The molecule has 4 nitrogen and oxygen atoms in total. The normalized spacial score (nSPS) is 18.9. The lowest BCUT2D eigenvalue weighted by Gasteiger charge is -2.27. The number of hydrogen-bond acceptors (Lipinski definition) is 5. The summed E-state index contributed by atoms with van der Waals surface area (Å²) in [5.74, 6) is 0. The summed E-state index contributed by atoms with van der Waals surface area (Å²) in [7, 11) is 0. The quantitative estimate of drug-likeness (QED) is 0.583. The molecule has 5 heteroatoms. The van der Waals surface area contributed by atoms with E-state index in [1.165, 1.54) is 0 Å². The van der Waals surface area contributed by atoms with Crippen LogP contribution in [0.3, 0.4) is 0 Å². The first kappa shape index (κ1) is 15.2. The van der Waals surface area contributed by atoms with Gasteiger partial charge in [-0.15, -0.1) is 11.8 Å². The Morgan fingerprint density at radius 2 is 1.79 bits per heavy atom. The zero-order valence-electron chi connectivity index (χ0n) is 11.4. The van der Waals surface area contributed by atoms with Crippen molar-refractivity contribution in [2.45, 2.75) is 32.1 Å². The van der Waals surface area contributed by atoms with E-state index in [0.29, 0.717) is 16.5 Å². The van der Waals surface area contributed by atoms with Gasteiger partial charge in [0.05, 0.1) is 10.9 Å². The molecular weight excluding hydrogens is 256 g/mol. The molecule has 0 aliphatic carbocycles. The second-order valence-corrected chi connectivity index (χ2v) is 5.34. The van der Waals surface area contributed by atoms with E-state index < -0.39 is 0 Å². The van der Waals surface area contributed by atoms with Crippen LogP contribution in [-0.2, 0) is 0 Å². The molecule has 1 atom stereocenters. The van der Waals surface area contributed by atoms with Gasteiger partial charge in [0.2, 0.25) is 0 Å². The molecule has 0 bridgehead atoms. The molecule has 1 saturated heterocycles. The van der Waals surface area contributed by atoms with E-state index in [2.05, 4.69) is 17.2 Å². The highest BCUT2D eigenvalue weighted by Crippen LogP contribution is 2.31. The smallest absolute Gasteiger partial charge is 0.133 e. The van der Waals surface area contributed by atoms with Crippen molar-refractivity contribution in [1.82, 2.24) is 4.90 Å². The number of nitriles is 3. The summed E-state index contributed by atoms with van der Waals surface area (Å²) in [5, 5.41) is 27.5. The van der Waals surface area contributed by atoms with Gasteiger partial charge in [-0.2, -0.15) is 15.8 Å². The average Bonchev–Trinajstić information content (AvgIpc) is 2.89. The van der Waals surface area contributed by atoms with Crippen LogP contribution in [0.25, 0.3) is 0 Å². The summed E-state index contributed by atoms with van der Waals surface area (Å²) in [6, 6.07) is 5.83. The molecule has 19 heavy (non-hydrogen) atoms. The van der Waals surface area contributed by atoms with Crippen LogP contribution < -0.4 is 0 Å². The summed E-state index contributed by atoms with van der Waals surface area (Å²) >= 11 is 1.76. The number of thioether (sulfide) groups is 1. The Labute approximate surface area is 118 Å². The lowest BCUT2D eigenvalue weighted by molar-refractivity contribution is 0.399. The summed E-state index contributed by atoms with van der Waals surface area (Å²) in [5.41, 5.74) is 1.78. The van der Waals surface area contributed by atoms with Crippen LogP contribution >= 0.6 is 11.8 Å². The van der Waals surface area contributed by atoms with Crippen molar-refractivity contribution in [2.75, 3.05) is 12.8 Å². The molecule has 0 aromatic heterocycles. The minimum Gasteiger partial charge on any atom is -0.362 e. The van der Waals surface area contributed by atoms with Gasteiger partial charge in [-0.1, -0.05) is 0 Å². The second kappa shape index (κ2) is 6.88. The standard InChI is InChI=1S/C14H16N4S/c1-10(12(7-15)8-16)13(9-17)11(2)18-6-4-5-14(18)19-3/h14H,4-6H2,1-3H3/b13-11+. The van der Waals surface area contributed by atoms with Gasteiger partial charge in [-0.25, -0.2) is 0 Å². The Kier molecular flexibility index (Phi) is 5.49. The number of rotatable bonds is 3. The average molecular weight is 272 g/mol. The first-order chi connectivity index (χ1) is 9.10. The Hall–Kier alpha value is -1.90. The second-order valence-electron chi connectivity index (χ2n) is 4.32. The fourth-order valence-corrected chi connectivity index (χ4v) is 3.18. The van der Waals surface area contributed by atoms with E-state index in [9.17, 15) is 5.26 Å². The maximum absolute atomic E-state index is 9.33. The predicted molar refractivity (Wildman–Crippen MR) is 75.5 cm³/mol. The number of nitrogens with zero attached hydrogens (tertiary/aromatic N) is 4. The van der Waals surface area contributed by atoms with Crippen molar-refractivity contribution in [3.63, 3.8) is 0 Å². The molecule has 1 aliphatic rings. The Balaban J connectivity index is 3.26. The molecule has 0 amide bonds. The fourth-order valence-electron chi connectivity index (χ4n) is 2.26. The van der Waals surface area contributed by atoms with Gasteiger partial charge < -0.3 is 4.90 Å². The highest BCUT2D eigenvalue weighted by Gasteiger charge is 2.26. The van der Waals surface area contributed by atoms with Crippen molar-refractivity contribution >= 4 is 11.8 Å². The van der Waals surface area contributed by atoms with Gasteiger partial charge >= 0.3 is 0 Å². The molecule has 1 unspecified atom stereocenters. The van der Waals surface area contributed by atoms with Crippen LogP contribution in [-0.4, -0.2) is 23.1 Å². The first-order valence-corrected chi connectivity index (χ1v) is 7.31. The van der Waals surface area contributed by atoms with Crippen LogP contribution in [0, 0.1) is 34.0 Å². The number of likely N-dealkylation sites (tertiary alicyclic amines) is 1. The van der Waals surface area contributed by atoms with E-state index in [0.717, 1.165) is 25.1 Å². The van der Waals surface area contributed by atoms with Crippen molar-refractivity contribution in [2.24, 2.45) is 0 Å². The molecule has 0 N–H and O–H groups in total. The molecule has 98 valence electrons. The molecule has 0 radical (unpaired) electrons. The Morgan fingerprint density at radius 1 is 1.16 bits per heavy atom. The van der Waals surface area contributed by atoms with Crippen LogP contribution in [0.1, 0.15) is 26.7 Å². The van der Waals surface area contributed by atoms with E-state index in [-0.39, 0.29) is 5.57 Å². The van der Waals surface area contributed by atoms with Gasteiger partial charge in [0.1, 0.15) is 23.8 Å². The highest BCUT2D eigenvalue weighted by molar-refractivity contribution is 7.99. The Bertz CT molecular complexity index is 523. The molecule has 0 spiro atoms. The van der Waals surface area contributed by atoms with Crippen LogP contribution in [0.15, 0.2) is 22.4 Å². The molecule has 1 heterocycles. The van der Waals surface area contributed by atoms with E-state index in [1.807, 2.05) is 19.1 Å². The molecule has 0 aromatic rings. The first-order valence-electron chi connectivity index (χ1n) is 6.02. The number of hydrogen-bond donors (Lipinski definition) is 0. The van der Waals surface area contributed by atoms with Crippen LogP contribution in [0.4, 0.5) is 0 Å². The van der Waals surface area contributed by atoms with E-state index >= 15 is 0 Å². The maximum atomic E-state index is 9.33. The van der Waals surface area contributed by atoms with Gasteiger partial charge in [0, 0.05) is 12.2 Å². The summed E-state index contributed by atoms with van der Waals surface area (Å²) < 4.78 is 0. The van der Waals surface area contributed by atoms with Crippen molar-refractivity contribution in [3.05, 3.63) is 22.4 Å². The zero-order valence-corrected chi connectivity index (χ0v) is 12.2. The Morgan fingerprint density at radius 3 is 2.26 bits per heavy atom. The molecule has 1 rings (SSSR count). The largest absolute Gasteiger partial charge is 0.362 e. The zero-order chi connectivity index (χ0) is 14.4.